The van der Waals surface area contributed by atoms with E-state index in [1.807, 2.05) is 18.7 Å². The molecule has 1 aromatic heterocycles. The van der Waals surface area contributed by atoms with E-state index in [0.717, 1.165) is 35.7 Å². The number of nitrogens with zero attached hydrogens (tertiary/aromatic N) is 3. The molecular formula is C15H17ClFN3O. The van der Waals surface area contributed by atoms with Crippen molar-refractivity contribution in [3.63, 3.8) is 0 Å². The summed E-state index contributed by atoms with van der Waals surface area (Å²) in [5.41, 5.74) is 2.65. The average Bonchev–Trinajstić information content (AvgIpc) is 2.74. The number of hydrogen-bond donors (Lipinski definition) is 0. The monoisotopic (exact) mass is 309 g/mol. The number of aryl methyl sites for hydroxylation is 2. The number of morpholine rings is 1. The van der Waals surface area contributed by atoms with Gasteiger partial charge >= 0.3 is 0 Å². The van der Waals surface area contributed by atoms with Gasteiger partial charge in [0.2, 0.25) is 0 Å². The number of rotatable bonds is 2. The molecule has 3 rings (SSSR count). The summed E-state index contributed by atoms with van der Waals surface area (Å²) in [4.78, 5) is 2.23. The minimum Gasteiger partial charge on any atom is -0.378 e. The van der Waals surface area contributed by atoms with Gasteiger partial charge in [0.05, 0.1) is 23.9 Å². The van der Waals surface area contributed by atoms with Gasteiger partial charge in [0.15, 0.2) is 0 Å². The van der Waals surface area contributed by atoms with Gasteiger partial charge in [-0.1, -0.05) is 11.6 Å². The third kappa shape index (κ3) is 2.63. The topological polar surface area (TPSA) is 30.3 Å². The summed E-state index contributed by atoms with van der Waals surface area (Å²) >= 11 is 6.24. The molecule has 2 heterocycles. The van der Waals surface area contributed by atoms with Gasteiger partial charge in [-0.05, 0) is 25.1 Å². The van der Waals surface area contributed by atoms with Crippen LogP contribution in [0, 0.1) is 12.7 Å². The predicted octanol–water partition coefficient (Wildman–Crippen LogP) is 3.02. The minimum atomic E-state index is -0.335. The molecule has 4 nitrogen and oxygen atoms in total. The second kappa shape index (κ2) is 5.66. The molecule has 2 aromatic rings. The summed E-state index contributed by atoms with van der Waals surface area (Å²) < 4.78 is 20.6. The van der Waals surface area contributed by atoms with Crippen LogP contribution in [0.15, 0.2) is 18.2 Å². The van der Waals surface area contributed by atoms with Crippen LogP contribution in [0.5, 0.6) is 0 Å². The highest BCUT2D eigenvalue weighted by Gasteiger charge is 2.23. The summed E-state index contributed by atoms with van der Waals surface area (Å²) in [6.07, 6.45) is 0. The molecule has 112 valence electrons. The lowest BCUT2D eigenvalue weighted by Gasteiger charge is -2.29. The van der Waals surface area contributed by atoms with Gasteiger partial charge < -0.3 is 9.64 Å². The fourth-order valence-corrected chi connectivity index (χ4v) is 3.05. The average molecular weight is 310 g/mol. The van der Waals surface area contributed by atoms with Crippen molar-refractivity contribution in [1.82, 2.24) is 9.78 Å². The molecule has 6 heteroatoms. The zero-order valence-electron chi connectivity index (χ0n) is 12.1. The summed E-state index contributed by atoms with van der Waals surface area (Å²) in [6.45, 7) is 4.95. The Kier molecular flexibility index (Phi) is 3.87. The first kappa shape index (κ1) is 14.4. The van der Waals surface area contributed by atoms with Gasteiger partial charge in [-0.25, -0.2) is 4.39 Å². The van der Waals surface area contributed by atoms with Crippen molar-refractivity contribution in [2.24, 2.45) is 7.05 Å². The molecule has 1 aromatic carbocycles. The van der Waals surface area contributed by atoms with E-state index in [1.165, 1.54) is 12.1 Å². The Bertz CT molecular complexity index is 665. The lowest BCUT2D eigenvalue weighted by molar-refractivity contribution is 0.122. The number of aromatic nitrogens is 2. The zero-order valence-corrected chi connectivity index (χ0v) is 12.8. The number of halogens is 2. The molecule has 0 N–H and O–H groups in total. The Labute approximate surface area is 128 Å². The second-order valence-corrected chi connectivity index (χ2v) is 5.54. The van der Waals surface area contributed by atoms with Crippen molar-refractivity contribution in [3.8, 4) is 11.1 Å². The fraction of sp³-hybridized carbons (Fsp3) is 0.400. The largest absolute Gasteiger partial charge is 0.378 e. The van der Waals surface area contributed by atoms with E-state index < -0.39 is 0 Å². The van der Waals surface area contributed by atoms with Crippen molar-refractivity contribution < 1.29 is 9.13 Å². The van der Waals surface area contributed by atoms with E-state index in [-0.39, 0.29) is 5.82 Å². The fourth-order valence-electron chi connectivity index (χ4n) is 2.79. The van der Waals surface area contributed by atoms with Gasteiger partial charge in [-0.15, -0.1) is 0 Å². The molecule has 0 spiro atoms. The van der Waals surface area contributed by atoms with Gasteiger partial charge in [0.1, 0.15) is 11.6 Å². The van der Waals surface area contributed by atoms with Crippen LogP contribution in [0.2, 0.25) is 5.02 Å². The summed E-state index contributed by atoms with van der Waals surface area (Å²) in [5, 5.41) is 4.91. The lowest BCUT2D eigenvalue weighted by Crippen LogP contribution is -2.37. The molecule has 0 aliphatic carbocycles. The van der Waals surface area contributed by atoms with E-state index in [2.05, 4.69) is 10.00 Å². The highest BCUT2D eigenvalue weighted by molar-refractivity contribution is 6.33. The first-order chi connectivity index (χ1) is 10.1. The SMILES string of the molecule is Cc1nn(C)c(N2CCOCC2)c1-c1ccc(F)cc1Cl. The number of benzene rings is 1. The first-order valence-electron chi connectivity index (χ1n) is 6.89. The van der Waals surface area contributed by atoms with Crippen LogP contribution in [0.3, 0.4) is 0 Å². The molecule has 1 aliphatic rings. The molecule has 21 heavy (non-hydrogen) atoms. The molecule has 0 unspecified atom stereocenters. The summed E-state index contributed by atoms with van der Waals surface area (Å²) in [7, 11) is 1.92. The lowest BCUT2D eigenvalue weighted by atomic mass is 10.0. The van der Waals surface area contributed by atoms with Gasteiger partial charge in [0, 0.05) is 31.3 Å². The molecule has 1 saturated heterocycles. The van der Waals surface area contributed by atoms with Crippen LogP contribution in [-0.2, 0) is 11.8 Å². The van der Waals surface area contributed by atoms with Crippen LogP contribution in [0.1, 0.15) is 5.69 Å². The molecule has 0 amide bonds. The van der Waals surface area contributed by atoms with E-state index >= 15 is 0 Å². The van der Waals surface area contributed by atoms with Crippen molar-refractivity contribution in [1.29, 1.82) is 0 Å². The normalized spacial score (nSPS) is 15.5. The maximum absolute atomic E-state index is 13.3. The highest BCUT2D eigenvalue weighted by Crippen LogP contribution is 2.38. The van der Waals surface area contributed by atoms with Crippen molar-refractivity contribution in [2.45, 2.75) is 6.92 Å². The Balaban J connectivity index is 2.13. The zero-order chi connectivity index (χ0) is 15.0. The van der Waals surface area contributed by atoms with Crippen LogP contribution in [0.25, 0.3) is 11.1 Å². The van der Waals surface area contributed by atoms with Gasteiger partial charge in [-0.3, -0.25) is 4.68 Å². The minimum absolute atomic E-state index is 0.335. The van der Waals surface area contributed by atoms with Crippen molar-refractivity contribution in [2.75, 3.05) is 31.2 Å². The Morgan fingerprint density at radius 2 is 2.00 bits per heavy atom. The van der Waals surface area contributed by atoms with E-state index in [4.69, 9.17) is 16.3 Å². The highest BCUT2D eigenvalue weighted by atomic mass is 35.5. The van der Waals surface area contributed by atoms with Gasteiger partial charge in [0.25, 0.3) is 0 Å². The second-order valence-electron chi connectivity index (χ2n) is 5.13. The first-order valence-corrected chi connectivity index (χ1v) is 7.27. The smallest absolute Gasteiger partial charge is 0.134 e. The molecule has 0 radical (unpaired) electrons. The summed E-state index contributed by atoms with van der Waals surface area (Å²) in [5.74, 6) is 0.669. The number of hydrogen-bond acceptors (Lipinski definition) is 3. The molecule has 1 fully saturated rings. The van der Waals surface area contributed by atoms with Crippen LogP contribution >= 0.6 is 11.6 Å². The van der Waals surface area contributed by atoms with E-state index in [0.29, 0.717) is 18.2 Å². The van der Waals surface area contributed by atoms with Crippen LogP contribution in [0.4, 0.5) is 10.2 Å². The molecule has 0 atom stereocenters. The molecule has 1 aliphatic heterocycles. The van der Waals surface area contributed by atoms with Crippen LogP contribution < -0.4 is 4.90 Å². The number of anilines is 1. The molecular weight excluding hydrogens is 293 g/mol. The number of ether oxygens (including phenoxy) is 1. The summed E-state index contributed by atoms with van der Waals surface area (Å²) in [6, 6.07) is 4.48. The Hall–Kier alpha value is -1.59. The standard InChI is InChI=1S/C15H17ClFN3O/c1-10-14(12-4-3-11(17)9-13(12)16)15(19(2)18-10)20-5-7-21-8-6-20/h3-4,9H,5-8H2,1-2H3. The van der Waals surface area contributed by atoms with Gasteiger partial charge in [-0.2, -0.15) is 5.10 Å². The quantitative estimate of drug-likeness (QED) is 0.854. The maximum atomic E-state index is 13.3. The Morgan fingerprint density at radius 3 is 2.67 bits per heavy atom. The van der Waals surface area contributed by atoms with Crippen molar-refractivity contribution >= 4 is 17.4 Å². The van der Waals surface area contributed by atoms with Crippen molar-refractivity contribution in [3.05, 3.63) is 34.7 Å². The molecule has 0 saturated carbocycles. The van der Waals surface area contributed by atoms with Crippen LogP contribution in [-0.4, -0.2) is 36.1 Å². The predicted molar refractivity (Wildman–Crippen MR) is 81.4 cm³/mol. The van der Waals surface area contributed by atoms with E-state index in [9.17, 15) is 4.39 Å². The maximum Gasteiger partial charge on any atom is 0.134 e. The molecule has 0 bridgehead atoms. The third-order valence-corrected chi connectivity index (χ3v) is 4.02. The Morgan fingerprint density at radius 1 is 1.29 bits per heavy atom. The third-order valence-electron chi connectivity index (χ3n) is 3.70. The van der Waals surface area contributed by atoms with E-state index in [1.54, 1.807) is 6.07 Å².